The number of carboxylic acids is 1. The lowest BCUT2D eigenvalue weighted by molar-refractivity contribution is -0.139. The third-order valence-electron chi connectivity index (χ3n) is 3.87. The molecular weight excluding hydrogens is 382 g/mol. The number of phenols is 1. The number of carbonyl (C=O) groups excluding carboxylic acids is 1. The van der Waals surface area contributed by atoms with E-state index in [0.717, 1.165) is 11.1 Å². The molecule has 2 rings (SSSR count). The van der Waals surface area contributed by atoms with Crippen LogP contribution < -0.4 is 5.32 Å². The molecule has 2 aromatic rings. The Morgan fingerprint density at radius 3 is 2.36 bits per heavy atom. The Balaban J connectivity index is 2.21. The van der Waals surface area contributed by atoms with Crippen LogP contribution in [0.3, 0.4) is 0 Å². The summed E-state index contributed by atoms with van der Waals surface area (Å²) >= 11 is 6.13. The summed E-state index contributed by atoms with van der Waals surface area (Å²) in [7, 11) is 0. The number of nitrogens with one attached hydrogen (secondary N) is 1. The van der Waals surface area contributed by atoms with Crippen molar-refractivity contribution in [2.45, 2.75) is 45.3 Å². The number of aromatic hydroxyl groups is 1. The van der Waals surface area contributed by atoms with Crippen LogP contribution in [0.25, 0.3) is 0 Å². The zero-order valence-corrected chi connectivity index (χ0v) is 16.8. The van der Waals surface area contributed by atoms with E-state index in [4.69, 9.17) is 16.3 Å². The number of carboxylic acid groups (broad SMARTS) is 1. The van der Waals surface area contributed by atoms with Gasteiger partial charge in [-0.15, -0.1) is 0 Å². The molecule has 0 bridgehead atoms. The first-order valence-corrected chi connectivity index (χ1v) is 9.19. The third kappa shape index (κ3) is 6.46. The Hall–Kier alpha value is -2.73. The van der Waals surface area contributed by atoms with E-state index >= 15 is 0 Å². The lowest BCUT2D eigenvalue weighted by atomic mass is 9.98. The number of benzene rings is 2. The molecular formula is C21H24ClNO5. The van der Waals surface area contributed by atoms with Gasteiger partial charge in [-0.1, -0.05) is 48.0 Å². The molecule has 1 unspecified atom stereocenters. The zero-order valence-electron chi connectivity index (χ0n) is 16.0. The number of ether oxygens (including phenoxy) is 1. The van der Waals surface area contributed by atoms with E-state index in [1.54, 1.807) is 32.9 Å². The molecule has 0 saturated carbocycles. The monoisotopic (exact) mass is 405 g/mol. The fourth-order valence-electron chi connectivity index (χ4n) is 2.68. The van der Waals surface area contributed by atoms with Crippen molar-refractivity contribution in [3.8, 4) is 5.75 Å². The lowest BCUT2D eigenvalue weighted by Gasteiger charge is -2.22. The maximum Gasteiger partial charge on any atom is 0.408 e. The average Bonchev–Trinajstić information content (AvgIpc) is 2.57. The summed E-state index contributed by atoms with van der Waals surface area (Å²) in [5.41, 5.74) is 1.46. The summed E-state index contributed by atoms with van der Waals surface area (Å²) in [5.74, 6) is -1.44. The molecule has 0 radical (unpaired) electrons. The van der Waals surface area contributed by atoms with Gasteiger partial charge in [0, 0.05) is 6.42 Å². The second-order valence-corrected chi connectivity index (χ2v) is 7.90. The maximum atomic E-state index is 11.9. The molecule has 0 aliphatic rings. The molecule has 2 aromatic carbocycles. The minimum absolute atomic E-state index is 0.129. The predicted octanol–water partition coefficient (Wildman–Crippen LogP) is 4.16. The van der Waals surface area contributed by atoms with Crippen molar-refractivity contribution in [1.29, 1.82) is 0 Å². The smallest absolute Gasteiger partial charge is 0.408 e. The van der Waals surface area contributed by atoms with Gasteiger partial charge >= 0.3 is 12.1 Å². The Labute approximate surface area is 169 Å². The van der Waals surface area contributed by atoms with E-state index < -0.39 is 23.7 Å². The quantitative estimate of drug-likeness (QED) is 0.670. The molecule has 7 heteroatoms. The van der Waals surface area contributed by atoms with E-state index in [9.17, 15) is 19.8 Å². The SMILES string of the molecule is CC(C)(C)OC(=O)NC(Cc1cc(Cc2ccccc2)cc(Cl)c1O)C(=O)O. The first-order chi connectivity index (χ1) is 13.0. The van der Waals surface area contributed by atoms with Crippen LogP contribution in [-0.4, -0.2) is 33.9 Å². The normalized spacial score (nSPS) is 12.3. The molecule has 0 heterocycles. The average molecular weight is 406 g/mol. The van der Waals surface area contributed by atoms with Crippen molar-refractivity contribution in [1.82, 2.24) is 5.32 Å². The molecule has 0 spiro atoms. The summed E-state index contributed by atoms with van der Waals surface area (Å²) in [6.07, 6.45) is -0.403. The number of hydrogen-bond donors (Lipinski definition) is 3. The number of rotatable bonds is 6. The first kappa shape index (κ1) is 21.6. The molecule has 0 aliphatic heterocycles. The number of amides is 1. The minimum atomic E-state index is -1.27. The van der Waals surface area contributed by atoms with Gasteiger partial charge in [-0.2, -0.15) is 0 Å². The van der Waals surface area contributed by atoms with Gasteiger partial charge in [0.2, 0.25) is 0 Å². The number of alkyl carbamates (subject to hydrolysis) is 1. The van der Waals surface area contributed by atoms with Gasteiger partial charge < -0.3 is 20.3 Å². The van der Waals surface area contributed by atoms with Gasteiger partial charge in [-0.25, -0.2) is 9.59 Å². The summed E-state index contributed by atoms with van der Waals surface area (Å²) in [6, 6.07) is 11.7. The van der Waals surface area contributed by atoms with Gasteiger partial charge in [-0.3, -0.25) is 0 Å². The van der Waals surface area contributed by atoms with Crippen molar-refractivity contribution in [2.24, 2.45) is 0 Å². The van der Waals surface area contributed by atoms with Crippen LogP contribution in [-0.2, 0) is 22.4 Å². The molecule has 0 aromatic heterocycles. The molecule has 3 N–H and O–H groups in total. The second-order valence-electron chi connectivity index (χ2n) is 7.49. The van der Waals surface area contributed by atoms with Crippen molar-refractivity contribution in [3.05, 3.63) is 64.2 Å². The fourth-order valence-corrected chi connectivity index (χ4v) is 2.94. The Morgan fingerprint density at radius 2 is 1.79 bits per heavy atom. The van der Waals surface area contributed by atoms with E-state index in [1.165, 1.54) is 0 Å². The van der Waals surface area contributed by atoms with Gasteiger partial charge in [0.25, 0.3) is 0 Å². The molecule has 150 valence electrons. The third-order valence-corrected chi connectivity index (χ3v) is 4.15. The van der Waals surface area contributed by atoms with Gasteiger partial charge in [0.15, 0.2) is 0 Å². The first-order valence-electron chi connectivity index (χ1n) is 8.81. The Bertz CT molecular complexity index is 846. The molecule has 1 amide bonds. The van der Waals surface area contributed by atoms with Crippen molar-refractivity contribution < 1.29 is 24.5 Å². The van der Waals surface area contributed by atoms with Crippen LogP contribution in [0.15, 0.2) is 42.5 Å². The topological polar surface area (TPSA) is 95.9 Å². The second kappa shape index (κ2) is 8.97. The van der Waals surface area contributed by atoms with Crippen LogP contribution in [0.4, 0.5) is 4.79 Å². The lowest BCUT2D eigenvalue weighted by Crippen LogP contribution is -2.44. The molecule has 28 heavy (non-hydrogen) atoms. The zero-order chi connectivity index (χ0) is 20.9. The number of halogens is 1. The highest BCUT2D eigenvalue weighted by Crippen LogP contribution is 2.31. The highest BCUT2D eigenvalue weighted by atomic mass is 35.5. The number of aliphatic carboxylic acids is 1. The van der Waals surface area contributed by atoms with Crippen LogP contribution in [0.2, 0.25) is 5.02 Å². The van der Waals surface area contributed by atoms with E-state index in [1.807, 2.05) is 30.3 Å². The molecule has 0 fully saturated rings. The van der Waals surface area contributed by atoms with E-state index in [2.05, 4.69) is 5.32 Å². The summed E-state index contributed by atoms with van der Waals surface area (Å²) < 4.78 is 5.11. The predicted molar refractivity (Wildman–Crippen MR) is 107 cm³/mol. The summed E-state index contributed by atoms with van der Waals surface area (Å²) in [5, 5.41) is 22.2. The van der Waals surface area contributed by atoms with Crippen molar-refractivity contribution >= 4 is 23.7 Å². The summed E-state index contributed by atoms with van der Waals surface area (Å²) in [6.45, 7) is 5.04. The van der Waals surface area contributed by atoms with Crippen LogP contribution in [0.1, 0.15) is 37.5 Å². The van der Waals surface area contributed by atoms with Crippen LogP contribution in [0.5, 0.6) is 5.75 Å². The van der Waals surface area contributed by atoms with Crippen LogP contribution in [0, 0.1) is 0 Å². The highest BCUT2D eigenvalue weighted by molar-refractivity contribution is 6.32. The van der Waals surface area contributed by atoms with Crippen LogP contribution >= 0.6 is 11.6 Å². The Kier molecular flexibility index (Phi) is 6.91. The van der Waals surface area contributed by atoms with Gasteiger partial charge in [-0.05, 0) is 49.9 Å². The van der Waals surface area contributed by atoms with Gasteiger partial charge in [0.1, 0.15) is 17.4 Å². The largest absolute Gasteiger partial charge is 0.506 e. The van der Waals surface area contributed by atoms with Crippen molar-refractivity contribution in [2.75, 3.05) is 0 Å². The molecule has 1 atom stereocenters. The summed E-state index contributed by atoms with van der Waals surface area (Å²) in [4.78, 5) is 23.5. The highest BCUT2D eigenvalue weighted by Gasteiger charge is 2.25. The van der Waals surface area contributed by atoms with E-state index in [0.29, 0.717) is 12.0 Å². The minimum Gasteiger partial charge on any atom is -0.506 e. The Morgan fingerprint density at radius 1 is 1.14 bits per heavy atom. The number of hydrogen-bond acceptors (Lipinski definition) is 4. The molecule has 0 saturated heterocycles. The molecule has 0 aliphatic carbocycles. The van der Waals surface area contributed by atoms with E-state index in [-0.39, 0.29) is 17.2 Å². The molecule has 6 nitrogen and oxygen atoms in total. The standard InChI is InChI=1S/C21H24ClNO5/c1-21(2,3)28-20(27)23-17(19(25)26)12-15-10-14(11-16(22)18(15)24)9-13-7-5-4-6-8-13/h4-8,10-11,17,24H,9,12H2,1-3H3,(H,23,27)(H,25,26). The maximum absolute atomic E-state index is 11.9. The number of phenolic OH excluding ortho intramolecular Hbond substituents is 1. The fraction of sp³-hybridized carbons (Fsp3) is 0.333. The van der Waals surface area contributed by atoms with Crippen molar-refractivity contribution in [3.63, 3.8) is 0 Å². The number of carbonyl (C=O) groups is 2. The van der Waals surface area contributed by atoms with Gasteiger partial charge in [0.05, 0.1) is 5.02 Å².